The van der Waals surface area contributed by atoms with E-state index in [4.69, 9.17) is 10.3 Å². The Bertz CT molecular complexity index is 795. The molecule has 0 aliphatic heterocycles. The van der Waals surface area contributed by atoms with Gasteiger partial charge in [-0.25, -0.2) is 0 Å². The van der Waals surface area contributed by atoms with Gasteiger partial charge in [0.1, 0.15) is 5.69 Å². The van der Waals surface area contributed by atoms with Crippen LogP contribution in [0.2, 0.25) is 0 Å². The lowest BCUT2D eigenvalue weighted by Gasteiger charge is -2.05. The Kier molecular flexibility index (Phi) is 2.86. The van der Waals surface area contributed by atoms with Crippen molar-refractivity contribution < 1.29 is 4.52 Å². The number of hydrogen-bond donors (Lipinski definition) is 1. The van der Waals surface area contributed by atoms with Crippen LogP contribution in [-0.4, -0.2) is 5.16 Å². The molecule has 0 amide bonds. The third-order valence-corrected chi connectivity index (χ3v) is 5.36. The quantitative estimate of drug-likeness (QED) is 0.760. The highest BCUT2D eigenvalue weighted by molar-refractivity contribution is 7.15. The molecule has 0 bridgehead atoms. The second-order valence-corrected chi connectivity index (χ2v) is 6.63. The summed E-state index contributed by atoms with van der Waals surface area (Å²) in [5, 5.41) is 4.23. The fourth-order valence-corrected chi connectivity index (χ4v) is 4.27. The van der Waals surface area contributed by atoms with E-state index in [0.29, 0.717) is 5.88 Å². The maximum atomic E-state index is 6.05. The molecule has 4 heteroatoms. The molecular formula is C17H16N2OS. The van der Waals surface area contributed by atoms with Gasteiger partial charge in [0.05, 0.1) is 10.4 Å². The summed E-state index contributed by atoms with van der Waals surface area (Å²) in [6.07, 6.45) is 3.64. The predicted molar refractivity (Wildman–Crippen MR) is 86.4 cm³/mol. The highest BCUT2D eigenvalue weighted by Crippen LogP contribution is 2.42. The van der Waals surface area contributed by atoms with Crippen molar-refractivity contribution in [3.63, 3.8) is 0 Å². The Morgan fingerprint density at radius 2 is 2.10 bits per heavy atom. The average Bonchev–Trinajstić information content (AvgIpc) is 3.13. The molecule has 0 fully saturated rings. The number of nitrogens with two attached hydrogens (primary N) is 1. The molecule has 3 nitrogen and oxygen atoms in total. The molecule has 1 aliphatic rings. The van der Waals surface area contributed by atoms with Gasteiger partial charge in [-0.15, -0.1) is 11.3 Å². The van der Waals surface area contributed by atoms with E-state index in [0.717, 1.165) is 16.8 Å². The third kappa shape index (κ3) is 1.98. The number of benzene rings is 1. The number of fused-ring (bicyclic) bond motifs is 1. The molecule has 0 unspecified atom stereocenters. The van der Waals surface area contributed by atoms with Crippen molar-refractivity contribution in [2.24, 2.45) is 0 Å². The number of rotatable bonds is 2. The van der Waals surface area contributed by atoms with Crippen molar-refractivity contribution in [2.45, 2.75) is 26.2 Å². The lowest BCUT2D eigenvalue weighted by Crippen LogP contribution is -1.89. The van der Waals surface area contributed by atoms with E-state index in [1.54, 1.807) is 0 Å². The molecule has 2 N–H and O–H groups in total. The number of aryl methyl sites for hydroxylation is 3. The molecular weight excluding hydrogens is 280 g/mol. The molecule has 1 aliphatic carbocycles. The van der Waals surface area contributed by atoms with Gasteiger partial charge in [0.25, 0.3) is 0 Å². The maximum Gasteiger partial charge on any atom is 0.230 e. The summed E-state index contributed by atoms with van der Waals surface area (Å²) in [5.74, 6) is 0.396. The zero-order chi connectivity index (χ0) is 14.4. The Morgan fingerprint density at radius 1 is 1.24 bits per heavy atom. The fourth-order valence-electron chi connectivity index (χ4n) is 3.03. The molecule has 1 aromatic carbocycles. The van der Waals surface area contributed by atoms with Crippen molar-refractivity contribution in [1.82, 2.24) is 5.16 Å². The van der Waals surface area contributed by atoms with Gasteiger partial charge < -0.3 is 10.3 Å². The molecule has 0 saturated heterocycles. The second kappa shape index (κ2) is 4.74. The largest absolute Gasteiger partial charge is 0.367 e. The minimum absolute atomic E-state index is 0.396. The van der Waals surface area contributed by atoms with Crippen LogP contribution in [0.1, 0.15) is 22.4 Å². The van der Waals surface area contributed by atoms with Crippen LogP contribution in [-0.2, 0) is 12.8 Å². The lowest BCUT2D eigenvalue weighted by molar-refractivity contribution is 0.439. The van der Waals surface area contributed by atoms with Gasteiger partial charge in [0.2, 0.25) is 5.88 Å². The minimum atomic E-state index is 0.396. The van der Waals surface area contributed by atoms with Crippen molar-refractivity contribution >= 4 is 17.2 Å². The Morgan fingerprint density at radius 3 is 2.90 bits per heavy atom. The average molecular weight is 296 g/mol. The lowest BCUT2D eigenvalue weighted by atomic mass is 10.00. The topological polar surface area (TPSA) is 52.0 Å². The molecule has 2 aromatic heterocycles. The smallest absolute Gasteiger partial charge is 0.230 e. The first kappa shape index (κ1) is 12.7. The molecule has 21 heavy (non-hydrogen) atoms. The fraction of sp³-hybridized carbons (Fsp3) is 0.235. The van der Waals surface area contributed by atoms with E-state index in [1.165, 1.54) is 40.1 Å². The molecule has 106 valence electrons. The van der Waals surface area contributed by atoms with Gasteiger partial charge in [-0.3, -0.25) is 0 Å². The van der Waals surface area contributed by atoms with Crippen molar-refractivity contribution in [3.05, 3.63) is 46.3 Å². The summed E-state index contributed by atoms with van der Waals surface area (Å²) >= 11 is 1.83. The molecule has 4 rings (SSSR count). The first-order valence-corrected chi connectivity index (χ1v) is 7.99. The van der Waals surface area contributed by atoms with Crippen LogP contribution in [0.4, 0.5) is 5.88 Å². The van der Waals surface area contributed by atoms with E-state index in [-0.39, 0.29) is 0 Å². The first-order chi connectivity index (χ1) is 10.2. The predicted octanol–water partition coefficient (Wildman–Crippen LogP) is 4.45. The van der Waals surface area contributed by atoms with Gasteiger partial charge in [-0.1, -0.05) is 29.4 Å². The maximum absolute atomic E-state index is 6.05. The van der Waals surface area contributed by atoms with Crippen molar-refractivity contribution in [2.75, 3.05) is 5.73 Å². The van der Waals surface area contributed by atoms with Gasteiger partial charge >= 0.3 is 0 Å². The van der Waals surface area contributed by atoms with Gasteiger partial charge in [-0.05, 0) is 48.9 Å². The monoisotopic (exact) mass is 296 g/mol. The van der Waals surface area contributed by atoms with Crippen LogP contribution in [0, 0.1) is 6.92 Å². The summed E-state index contributed by atoms with van der Waals surface area (Å²) in [6, 6.07) is 10.5. The summed E-state index contributed by atoms with van der Waals surface area (Å²) in [5.41, 5.74) is 11.6. The number of thiophene rings is 1. The molecule has 3 aromatic rings. The number of nitrogens with zero attached hydrogens (tertiary/aromatic N) is 1. The van der Waals surface area contributed by atoms with Crippen molar-refractivity contribution in [1.29, 1.82) is 0 Å². The molecule has 0 spiro atoms. The highest BCUT2D eigenvalue weighted by Gasteiger charge is 2.23. The summed E-state index contributed by atoms with van der Waals surface area (Å²) in [7, 11) is 0. The number of aromatic nitrogens is 1. The standard InChI is InChI=1S/C17H16N2OS/c1-10-5-2-3-7-12(10)15-16(19-20-17(15)18)14-9-11-6-4-8-13(11)21-14/h2-3,5,7,9H,4,6,8,18H2,1H3. The number of nitrogen functional groups attached to an aromatic ring is 1. The van der Waals surface area contributed by atoms with Crippen LogP contribution in [0.3, 0.4) is 0 Å². The summed E-state index contributed by atoms with van der Waals surface area (Å²) in [6.45, 7) is 2.08. The summed E-state index contributed by atoms with van der Waals surface area (Å²) < 4.78 is 5.29. The molecule has 0 atom stereocenters. The van der Waals surface area contributed by atoms with Crippen molar-refractivity contribution in [3.8, 4) is 21.7 Å². The Balaban J connectivity index is 1.89. The van der Waals surface area contributed by atoms with E-state index in [2.05, 4.69) is 30.3 Å². The Hall–Kier alpha value is -2.07. The SMILES string of the molecule is Cc1ccccc1-c1c(-c2cc3c(s2)CCC3)noc1N. The van der Waals surface area contributed by atoms with Crippen LogP contribution >= 0.6 is 11.3 Å². The van der Waals surface area contributed by atoms with E-state index >= 15 is 0 Å². The van der Waals surface area contributed by atoms with Crippen LogP contribution in [0.5, 0.6) is 0 Å². The van der Waals surface area contributed by atoms with E-state index < -0.39 is 0 Å². The third-order valence-electron chi connectivity index (χ3n) is 4.11. The second-order valence-electron chi connectivity index (χ2n) is 5.50. The van der Waals surface area contributed by atoms with Gasteiger partial charge in [0, 0.05) is 4.88 Å². The molecule has 0 radical (unpaired) electrons. The molecule has 2 heterocycles. The highest BCUT2D eigenvalue weighted by atomic mass is 32.1. The Labute approximate surface area is 127 Å². The van der Waals surface area contributed by atoms with Gasteiger partial charge in [0.15, 0.2) is 0 Å². The zero-order valence-corrected chi connectivity index (χ0v) is 12.7. The van der Waals surface area contributed by atoms with Crippen LogP contribution in [0.25, 0.3) is 21.7 Å². The van der Waals surface area contributed by atoms with Crippen LogP contribution in [0.15, 0.2) is 34.9 Å². The number of anilines is 1. The normalized spacial score (nSPS) is 13.6. The first-order valence-electron chi connectivity index (χ1n) is 7.17. The van der Waals surface area contributed by atoms with Gasteiger partial charge in [-0.2, -0.15) is 0 Å². The number of hydrogen-bond acceptors (Lipinski definition) is 4. The van der Waals surface area contributed by atoms with E-state index in [9.17, 15) is 0 Å². The minimum Gasteiger partial charge on any atom is -0.367 e. The zero-order valence-electron chi connectivity index (χ0n) is 11.8. The van der Waals surface area contributed by atoms with E-state index in [1.807, 2.05) is 23.5 Å². The molecule has 0 saturated carbocycles. The summed E-state index contributed by atoms with van der Waals surface area (Å²) in [4.78, 5) is 2.65. The van der Waals surface area contributed by atoms with Crippen LogP contribution < -0.4 is 5.73 Å².